The summed E-state index contributed by atoms with van der Waals surface area (Å²) in [5, 5.41) is 2.89. The Morgan fingerprint density at radius 2 is 1.79 bits per heavy atom. The van der Waals surface area contributed by atoms with Crippen molar-refractivity contribution in [3.63, 3.8) is 0 Å². The number of benzene rings is 1. The van der Waals surface area contributed by atoms with Crippen LogP contribution in [0, 0.1) is 6.92 Å². The number of carbonyl (C=O) groups excluding carboxylic acids is 1. The fourth-order valence-electron chi connectivity index (χ4n) is 3.94. The first kappa shape index (κ1) is 25.0. The molecule has 1 N–H and O–H groups in total. The van der Waals surface area contributed by atoms with Crippen molar-refractivity contribution in [2.24, 2.45) is 0 Å². The average molecular weight is 475 g/mol. The Balaban J connectivity index is 1.91. The van der Waals surface area contributed by atoms with E-state index in [1.54, 1.807) is 30.3 Å². The minimum absolute atomic E-state index is 0.170. The zero-order chi connectivity index (χ0) is 24.0. The number of carbonyl (C=O) groups is 1. The van der Waals surface area contributed by atoms with Crippen molar-refractivity contribution < 1.29 is 17.6 Å². The maximum Gasteiger partial charge on any atom is 0.248 e. The van der Waals surface area contributed by atoms with Crippen LogP contribution in [0.4, 0.5) is 11.4 Å². The first-order valence-corrected chi connectivity index (χ1v) is 12.9. The van der Waals surface area contributed by atoms with Gasteiger partial charge in [0.05, 0.1) is 16.3 Å². The van der Waals surface area contributed by atoms with Gasteiger partial charge in [-0.2, -0.15) is 4.31 Å². The molecule has 1 aliphatic rings. The van der Waals surface area contributed by atoms with E-state index in [-0.39, 0.29) is 10.8 Å². The third-order valence-corrected chi connectivity index (χ3v) is 7.94. The van der Waals surface area contributed by atoms with Crippen molar-refractivity contribution in [2.45, 2.75) is 32.6 Å². The number of anilines is 2. The molecule has 0 saturated carbocycles. The lowest BCUT2D eigenvalue weighted by atomic mass is 10.2. The average Bonchev–Trinajstić information content (AvgIpc) is 3.23. The van der Waals surface area contributed by atoms with Gasteiger partial charge in [0.1, 0.15) is 11.5 Å². The molecule has 180 valence electrons. The van der Waals surface area contributed by atoms with Crippen LogP contribution < -0.4 is 10.2 Å². The van der Waals surface area contributed by atoms with Crippen LogP contribution in [0.25, 0.3) is 6.08 Å². The van der Waals surface area contributed by atoms with Crippen molar-refractivity contribution in [1.29, 1.82) is 0 Å². The predicted octanol–water partition coefficient (Wildman–Crippen LogP) is 3.41. The molecule has 3 rings (SSSR count). The Morgan fingerprint density at radius 3 is 2.36 bits per heavy atom. The molecule has 1 aliphatic heterocycles. The first-order chi connectivity index (χ1) is 15.8. The lowest BCUT2D eigenvalue weighted by Gasteiger charge is -2.36. The number of furan rings is 1. The van der Waals surface area contributed by atoms with Crippen LogP contribution in [0.5, 0.6) is 0 Å². The van der Waals surface area contributed by atoms with Crippen LogP contribution in [0.2, 0.25) is 0 Å². The molecule has 0 unspecified atom stereocenters. The number of rotatable bonds is 9. The second-order valence-electron chi connectivity index (χ2n) is 7.96. The van der Waals surface area contributed by atoms with E-state index in [9.17, 15) is 13.2 Å². The number of likely N-dealkylation sites (N-methyl/N-ethyl adjacent to an activating group) is 1. The van der Waals surface area contributed by atoms with Crippen LogP contribution in [0.3, 0.4) is 0 Å². The van der Waals surface area contributed by atoms with Gasteiger partial charge in [0.2, 0.25) is 15.9 Å². The Kier molecular flexibility index (Phi) is 8.34. The third kappa shape index (κ3) is 6.04. The molecule has 0 aliphatic carbocycles. The van der Waals surface area contributed by atoms with Crippen molar-refractivity contribution in [2.75, 3.05) is 56.0 Å². The van der Waals surface area contributed by atoms with Crippen molar-refractivity contribution in [3.8, 4) is 0 Å². The highest BCUT2D eigenvalue weighted by molar-refractivity contribution is 7.89. The molecule has 8 nitrogen and oxygen atoms in total. The highest BCUT2D eigenvalue weighted by Crippen LogP contribution is 2.31. The van der Waals surface area contributed by atoms with Crippen LogP contribution >= 0.6 is 0 Å². The van der Waals surface area contributed by atoms with Gasteiger partial charge in [-0.05, 0) is 49.9 Å². The minimum atomic E-state index is -3.65. The van der Waals surface area contributed by atoms with Crippen molar-refractivity contribution in [3.05, 3.63) is 47.9 Å². The number of hydrogen-bond donors (Lipinski definition) is 1. The van der Waals surface area contributed by atoms with Crippen LogP contribution in [0.1, 0.15) is 32.3 Å². The van der Waals surface area contributed by atoms with Gasteiger partial charge in [-0.15, -0.1) is 0 Å². The molecule has 2 aromatic rings. The molecule has 0 spiro atoms. The van der Waals surface area contributed by atoms with Gasteiger partial charge in [-0.25, -0.2) is 8.42 Å². The fraction of sp³-hybridized carbons (Fsp3) is 0.458. The Labute approximate surface area is 196 Å². The molecule has 1 fully saturated rings. The van der Waals surface area contributed by atoms with Gasteiger partial charge >= 0.3 is 0 Å². The number of aryl methyl sites for hydroxylation is 1. The maximum atomic E-state index is 13.1. The molecular weight excluding hydrogens is 440 g/mol. The van der Waals surface area contributed by atoms with E-state index in [1.165, 1.54) is 10.4 Å². The Morgan fingerprint density at radius 1 is 1.09 bits per heavy atom. The monoisotopic (exact) mass is 474 g/mol. The summed E-state index contributed by atoms with van der Waals surface area (Å²) in [5.41, 5.74) is 1.30. The van der Waals surface area contributed by atoms with E-state index in [1.807, 2.05) is 26.8 Å². The molecule has 33 heavy (non-hydrogen) atoms. The van der Waals surface area contributed by atoms with E-state index >= 15 is 0 Å². The smallest absolute Gasteiger partial charge is 0.248 e. The van der Waals surface area contributed by atoms with E-state index < -0.39 is 10.0 Å². The molecule has 0 radical (unpaired) electrons. The molecule has 2 heterocycles. The van der Waals surface area contributed by atoms with Gasteiger partial charge in [-0.3, -0.25) is 4.79 Å². The van der Waals surface area contributed by atoms with Crippen LogP contribution in [-0.4, -0.2) is 69.3 Å². The molecule has 0 atom stereocenters. The standard InChI is InChI=1S/C24H34N4O4S/c1-5-26-14-16-27(17-15-26)23-12-11-21(33(30,31)28(6-2)7-3)18-22(23)25-24(29)13-10-20-9-8-19(4)32-20/h8-13,18H,5-7,14-17H2,1-4H3,(H,25,29)/b13-10+. The topological polar surface area (TPSA) is 86.1 Å². The predicted molar refractivity (Wildman–Crippen MR) is 132 cm³/mol. The molecule has 1 aromatic carbocycles. The highest BCUT2D eigenvalue weighted by atomic mass is 32.2. The first-order valence-electron chi connectivity index (χ1n) is 11.5. The lowest BCUT2D eigenvalue weighted by Crippen LogP contribution is -2.46. The van der Waals surface area contributed by atoms with Gasteiger partial charge < -0.3 is 19.5 Å². The Bertz CT molecular complexity index is 1080. The summed E-state index contributed by atoms with van der Waals surface area (Å²) in [4.78, 5) is 17.4. The SMILES string of the molecule is CCN1CCN(c2ccc(S(=O)(=O)N(CC)CC)cc2NC(=O)/C=C/c2ccc(C)o2)CC1. The van der Waals surface area contributed by atoms with Crippen LogP contribution in [0.15, 0.2) is 45.7 Å². The van der Waals surface area contributed by atoms with Gasteiger partial charge in [0.15, 0.2) is 0 Å². The number of nitrogens with zero attached hydrogens (tertiary/aromatic N) is 3. The van der Waals surface area contributed by atoms with E-state index in [4.69, 9.17) is 4.42 Å². The number of piperazine rings is 1. The van der Waals surface area contributed by atoms with Gasteiger partial charge in [0, 0.05) is 45.3 Å². The molecule has 9 heteroatoms. The fourth-order valence-corrected chi connectivity index (χ4v) is 5.43. The molecule has 1 amide bonds. The zero-order valence-corrected chi connectivity index (χ0v) is 20.7. The minimum Gasteiger partial charge on any atom is -0.462 e. The van der Waals surface area contributed by atoms with Gasteiger partial charge in [-0.1, -0.05) is 20.8 Å². The van der Waals surface area contributed by atoms with E-state index in [2.05, 4.69) is 22.0 Å². The summed E-state index contributed by atoms with van der Waals surface area (Å²) in [6.45, 7) is 12.8. The number of nitrogens with one attached hydrogen (secondary N) is 1. The second kappa shape index (κ2) is 11.0. The summed E-state index contributed by atoms with van der Waals surface area (Å²) in [6.07, 6.45) is 2.99. The van der Waals surface area contributed by atoms with Crippen molar-refractivity contribution >= 4 is 33.4 Å². The van der Waals surface area contributed by atoms with E-state index in [0.717, 1.165) is 44.2 Å². The van der Waals surface area contributed by atoms with E-state index in [0.29, 0.717) is 24.5 Å². The zero-order valence-electron chi connectivity index (χ0n) is 19.9. The number of hydrogen-bond acceptors (Lipinski definition) is 6. The summed E-state index contributed by atoms with van der Waals surface area (Å²) in [6, 6.07) is 8.61. The number of amides is 1. The molecule has 0 bridgehead atoms. The second-order valence-corrected chi connectivity index (χ2v) is 9.90. The summed E-state index contributed by atoms with van der Waals surface area (Å²) >= 11 is 0. The summed E-state index contributed by atoms with van der Waals surface area (Å²) in [5.74, 6) is 0.990. The Hall–Kier alpha value is -2.62. The summed E-state index contributed by atoms with van der Waals surface area (Å²) < 4.78 is 33.0. The summed E-state index contributed by atoms with van der Waals surface area (Å²) in [7, 11) is -3.65. The molecule has 1 aromatic heterocycles. The lowest BCUT2D eigenvalue weighted by molar-refractivity contribution is -0.111. The normalized spacial score (nSPS) is 15.5. The molecule has 1 saturated heterocycles. The largest absolute Gasteiger partial charge is 0.462 e. The number of sulfonamides is 1. The van der Waals surface area contributed by atoms with Gasteiger partial charge in [0.25, 0.3) is 0 Å². The van der Waals surface area contributed by atoms with Crippen molar-refractivity contribution in [1.82, 2.24) is 9.21 Å². The maximum absolute atomic E-state index is 13.1. The highest BCUT2D eigenvalue weighted by Gasteiger charge is 2.25. The quantitative estimate of drug-likeness (QED) is 0.561. The molecular formula is C24H34N4O4S. The van der Waals surface area contributed by atoms with Crippen LogP contribution in [-0.2, 0) is 14.8 Å². The third-order valence-electron chi connectivity index (χ3n) is 5.89.